The smallest absolute Gasteiger partial charge is 0.224 e. The van der Waals surface area contributed by atoms with Gasteiger partial charge in [0.25, 0.3) is 0 Å². The Kier molecular flexibility index (Phi) is 34.7. The van der Waals surface area contributed by atoms with E-state index in [1.165, 1.54) is 51.4 Å². The second kappa shape index (κ2) is 38.7. The molecular formula is C53H87NO13. The maximum atomic E-state index is 13.1. The van der Waals surface area contributed by atoms with Gasteiger partial charge in [-0.3, -0.25) is 4.79 Å². The molecule has 0 aromatic carbocycles. The number of aliphatic hydroxyl groups excluding tert-OH is 8. The van der Waals surface area contributed by atoms with Gasteiger partial charge in [-0.15, -0.1) is 0 Å². The third-order valence-corrected chi connectivity index (χ3v) is 11.5. The Morgan fingerprint density at radius 2 is 1.04 bits per heavy atom. The fourth-order valence-corrected chi connectivity index (χ4v) is 7.45. The highest BCUT2D eigenvalue weighted by atomic mass is 16.7. The highest BCUT2D eigenvalue weighted by Crippen LogP contribution is 2.30. The molecule has 0 saturated carbocycles. The molecule has 2 aliphatic heterocycles. The van der Waals surface area contributed by atoms with Crippen molar-refractivity contribution < 1.29 is 64.6 Å². The zero-order valence-corrected chi connectivity index (χ0v) is 40.3. The van der Waals surface area contributed by atoms with E-state index in [1.807, 2.05) is 18.2 Å². The van der Waals surface area contributed by atoms with Gasteiger partial charge in [0, 0.05) is 6.42 Å². The lowest BCUT2D eigenvalue weighted by molar-refractivity contribution is -0.359. The second-order valence-corrected chi connectivity index (χ2v) is 17.2. The van der Waals surface area contributed by atoms with Crippen molar-refractivity contribution in [2.75, 3.05) is 19.8 Å². The molecule has 67 heavy (non-hydrogen) atoms. The molecule has 12 unspecified atom stereocenters. The van der Waals surface area contributed by atoms with Gasteiger partial charge in [-0.1, -0.05) is 156 Å². The summed E-state index contributed by atoms with van der Waals surface area (Å²) >= 11 is 0. The molecule has 1 amide bonds. The largest absolute Gasteiger partial charge is 0.394 e. The van der Waals surface area contributed by atoms with Crippen LogP contribution in [0.3, 0.4) is 0 Å². The van der Waals surface area contributed by atoms with Crippen molar-refractivity contribution in [2.45, 2.75) is 209 Å². The van der Waals surface area contributed by atoms with Crippen molar-refractivity contribution in [3.8, 4) is 0 Å². The molecule has 0 aromatic rings. The maximum Gasteiger partial charge on any atom is 0.224 e. The summed E-state index contributed by atoms with van der Waals surface area (Å²) in [7, 11) is 0. The summed E-state index contributed by atoms with van der Waals surface area (Å²) in [6.07, 6.45) is 34.8. The molecule has 0 aliphatic carbocycles. The van der Waals surface area contributed by atoms with Gasteiger partial charge in [-0.05, 0) is 70.6 Å². The van der Waals surface area contributed by atoms with E-state index in [2.05, 4.69) is 86.0 Å². The normalized spacial score (nSPS) is 27.4. The first-order valence-corrected chi connectivity index (χ1v) is 25.0. The molecule has 2 saturated heterocycles. The molecule has 0 aromatic heterocycles. The van der Waals surface area contributed by atoms with Crippen LogP contribution in [-0.4, -0.2) is 140 Å². The summed E-state index contributed by atoms with van der Waals surface area (Å²) in [6.45, 7) is 2.54. The van der Waals surface area contributed by atoms with Crippen LogP contribution in [0.1, 0.15) is 136 Å². The van der Waals surface area contributed by atoms with Gasteiger partial charge in [0.2, 0.25) is 5.91 Å². The number of nitrogens with one attached hydrogen (secondary N) is 1. The number of hydrogen-bond donors (Lipinski definition) is 9. The highest BCUT2D eigenvalue weighted by molar-refractivity contribution is 5.77. The first kappa shape index (κ1) is 60.0. The van der Waals surface area contributed by atoms with Crippen molar-refractivity contribution in [2.24, 2.45) is 0 Å². The van der Waals surface area contributed by atoms with Crippen LogP contribution in [0.25, 0.3) is 0 Å². The Balaban J connectivity index is 1.93. The number of hydrogen-bond acceptors (Lipinski definition) is 13. The van der Waals surface area contributed by atoms with Crippen molar-refractivity contribution in [3.05, 3.63) is 97.2 Å². The molecule has 2 fully saturated rings. The van der Waals surface area contributed by atoms with Crippen molar-refractivity contribution in [1.82, 2.24) is 5.32 Å². The monoisotopic (exact) mass is 946 g/mol. The Bertz CT molecular complexity index is 1490. The SMILES string of the molecule is CC/C=C\C/C=C\C/C=C\C/C=C\C/C=C\CC(=O)NC(COC1OC(CO)C(OC2OC(CO)C(O)C(O)C2O)C(O)C1O)C(O)/C=C/CC/C=C/CC/C=C/CCCCCCCCCC. The van der Waals surface area contributed by atoms with E-state index in [-0.39, 0.29) is 18.9 Å². The Morgan fingerprint density at radius 1 is 0.552 bits per heavy atom. The first-order chi connectivity index (χ1) is 32.6. The number of carbonyl (C=O) groups excluding carboxylic acids is 1. The lowest BCUT2D eigenvalue weighted by Gasteiger charge is -2.46. The third kappa shape index (κ3) is 25.9. The maximum absolute atomic E-state index is 13.1. The van der Waals surface area contributed by atoms with Crippen LogP contribution in [0, 0.1) is 0 Å². The molecule has 2 rings (SSSR count). The highest BCUT2D eigenvalue weighted by Gasteiger charge is 2.51. The number of allylic oxidation sites excluding steroid dienone is 14. The number of ether oxygens (including phenoxy) is 4. The molecule has 2 aliphatic rings. The number of aliphatic hydroxyl groups is 8. The van der Waals surface area contributed by atoms with Crippen LogP contribution < -0.4 is 5.32 Å². The molecule has 0 bridgehead atoms. The molecule has 12 atom stereocenters. The molecule has 0 spiro atoms. The molecule has 14 nitrogen and oxygen atoms in total. The zero-order valence-electron chi connectivity index (χ0n) is 40.3. The van der Waals surface area contributed by atoms with Gasteiger partial charge in [-0.2, -0.15) is 0 Å². The average Bonchev–Trinajstić information content (AvgIpc) is 3.32. The van der Waals surface area contributed by atoms with E-state index < -0.39 is 86.8 Å². The van der Waals surface area contributed by atoms with E-state index >= 15 is 0 Å². The predicted molar refractivity (Wildman–Crippen MR) is 262 cm³/mol. The zero-order chi connectivity index (χ0) is 48.9. The quantitative estimate of drug-likeness (QED) is 0.0246. The van der Waals surface area contributed by atoms with Gasteiger partial charge in [0.1, 0.15) is 48.8 Å². The van der Waals surface area contributed by atoms with Gasteiger partial charge in [0.15, 0.2) is 12.6 Å². The van der Waals surface area contributed by atoms with E-state index in [1.54, 1.807) is 12.2 Å². The Labute approximate surface area is 401 Å². The average molecular weight is 946 g/mol. The minimum Gasteiger partial charge on any atom is -0.394 e. The minimum absolute atomic E-state index is 0.0322. The predicted octanol–water partition coefficient (Wildman–Crippen LogP) is 6.37. The van der Waals surface area contributed by atoms with E-state index in [0.717, 1.165) is 51.4 Å². The fourth-order valence-electron chi connectivity index (χ4n) is 7.45. The lowest BCUT2D eigenvalue weighted by Crippen LogP contribution is -2.65. The van der Waals surface area contributed by atoms with Crippen LogP contribution in [0.2, 0.25) is 0 Å². The summed E-state index contributed by atoms with van der Waals surface area (Å²) in [5.41, 5.74) is 0. The van der Waals surface area contributed by atoms with Crippen molar-refractivity contribution in [3.63, 3.8) is 0 Å². The molecule has 2 heterocycles. The number of unbranched alkanes of at least 4 members (excludes halogenated alkanes) is 10. The Morgan fingerprint density at radius 3 is 1.61 bits per heavy atom. The van der Waals surface area contributed by atoms with Gasteiger partial charge in [-0.25, -0.2) is 0 Å². The van der Waals surface area contributed by atoms with E-state index in [9.17, 15) is 45.6 Å². The summed E-state index contributed by atoms with van der Waals surface area (Å²) < 4.78 is 22.6. The molecule has 382 valence electrons. The minimum atomic E-state index is -1.80. The fraction of sp³-hybridized carbons (Fsp3) is 0.679. The van der Waals surface area contributed by atoms with Gasteiger partial charge >= 0.3 is 0 Å². The topological polar surface area (TPSA) is 228 Å². The second-order valence-electron chi connectivity index (χ2n) is 17.2. The molecule has 0 radical (unpaired) electrons. The van der Waals surface area contributed by atoms with E-state index in [0.29, 0.717) is 12.8 Å². The summed E-state index contributed by atoms with van der Waals surface area (Å²) in [6, 6.07) is -0.997. The Hall–Kier alpha value is -3.09. The summed E-state index contributed by atoms with van der Waals surface area (Å²) in [5, 5.41) is 86.6. The number of rotatable bonds is 36. The van der Waals surface area contributed by atoms with E-state index in [4.69, 9.17) is 18.9 Å². The standard InChI is InChI=1S/C53H87NO13/c1-3-5-7-9-11-13-15-17-19-20-21-23-24-26-28-30-32-34-36-42(57)41(54-45(58)37-35-33-31-29-27-25-22-18-16-14-12-10-8-6-4-2)40-64-52-50(63)48(61)51(44(39-56)66-52)67-53-49(62)47(60)46(59)43(38-55)65-53/h6,8,12,14,18,20-22,26-29,33-36,41-44,46-53,55-57,59-63H,3-5,7,9-11,13,15-17,19,23-25,30-32,37-40H2,1-2H3,(H,54,58)/b8-6-,14-12-,21-20+,22-18-,28-26+,29-27-,35-33-,36-34+. The summed E-state index contributed by atoms with van der Waals surface area (Å²) in [4.78, 5) is 13.1. The summed E-state index contributed by atoms with van der Waals surface area (Å²) in [5.74, 6) is -0.386. The number of amides is 1. The number of carbonyl (C=O) groups is 1. The van der Waals surface area contributed by atoms with Crippen LogP contribution in [-0.2, 0) is 23.7 Å². The van der Waals surface area contributed by atoms with Crippen molar-refractivity contribution in [1.29, 1.82) is 0 Å². The van der Waals surface area contributed by atoms with Crippen LogP contribution in [0.4, 0.5) is 0 Å². The molecule has 14 heteroatoms. The molecular weight excluding hydrogens is 859 g/mol. The van der Waals surface area contributed by atoms with Crippen molar-refractivity contribution >= 4 is 5.91 Å². The third-order valence-electron chi connectivity index (χ3n) is 11.5. The van der Waals surface area contributed by atoms with Gasteiger partial charge < -0.3 is 65.1 Å². The van der Waals surface area contributed by atoms with Gasteiger partial charge in [0.05, 0.1) is 32.0 Å². The van der Waals surface area contributed by atoms with Crippen LogP contribution >= 0.6 is 0 Å². The first-order valence-electron chi connectivity index (χ1n) is 25.0. The molecule has 9 N–H and O–H groups in total. The van der Waals surface area contributed by atoms with Crippen LogP contribution in [0.15, 0.2) is 97.2 Å². The lowest BCUT2D eigenvalue weighted by atomic mass is 9.97. The van der Waals surface area contributed by atoms with Crippen LogP contribution in [0.5, 0.6) is 0 Å².